The second-order valence-corrected chi connectivity index (χ2v) is 7.80. The van der Waals surface area contributed by atoms with Gasteiger partial charge in [-0.15, -0.1) is 0 Å². The van der Waals surface area contributed by atoms with Crippen molar-refractivity contribution in [2.75, 3.05) is 0 Å². The number of thioether (sulfide) groups is 1. The number of benzene rings is 1. The zero-order valence-electron chi connectivity index (χ0n) is 16.6. The Balaban J connectivity index is 1.80. The van der Waals surface area contributed by atoms with E-state index in [0.29, 0.717) is 35.2 Å². The average Bonchev–Trinajstić information content (AvgIpc) is 3.14. The van der Waals surface area contributed by atoms with Crippen molar-refractivity contribution in [3.8, 4) is 0 Å². The minimum Gasteiger partial charge on any atom is -0.321 e. The number of aryl methyl sites for hydroxylation is 1. The molecule has 0 aliphatic heterocycles. The van der Waals surface area contributed by atoms with Crippen LogP contribution in [0.3, 0.4) is 0 Å². The third-order valence-corrected chi connectivity index (χ3v) is 5.63. The number of imidazole rings is 1. The van der Waals surface area contributed by atoms with Gasteiger partial charge in [0.2, 0.25) is 0 Å². The second-order valence-electron chi connectivity index (χ2n) is 6.86. The quantitative estimate of drug-likeness (QED) is 0.346. The summed E-state index contributed by atoms with van der Waals surface area (Å²) in [5.41, 5.74) is 0.943. The van der Waals surface area contributed by atoms with Gasteiger partial charge in [0.1, 0.15) is 5.82 Å². The number of nitrogens with zero attached hydrogens (tertiary/aromatic N) is 5. The first-order valence-electron chi connectivity index (χ1n) is 9.83. The summed E-state index contributed by atoms with van der Waals surface area (Å²) in [6.07, 6.45) is 5.27. The molecule has 0 amide bonds. The first-order chi connectivity index (χ1) is 14.7. The number of aromatic nitrogens is 6. The highest BCUT2D eigenvalue weighted by Gasteiger charge is 2.19. The zero-order valence-corrected chi connectivity index (χ0v) is 17.4. The van der Waals surface area contributed by atoms with Gasteiger partial charge in [0, 0.05) is 18.9 Å². The van der Waals surface area contributed by atoms with Gasteiger partial charge in [0.05, 0.1) is 12.3 Å². The van der Waals surface area contributed by atoms with Gasteiger partial charge in [-0.3, -0.25) is 14.3 Å². The molecule has 1 N–H and O–H groups in total. The molecule has 3 heterocycles. The molecule has 0 saturated heterocycles. The number of nitrogens with one attached hydrogen (secondary N) is 1. The van der Waals surface area contributed by atoms with Crippen molar-refractivity contribution in [3.63, 3.8) is 0 Å². The Bertz CT molecular complexity index is 1250. The SMILES string of the molecule is CCCCn1c(CSc2ncccn2)nc2c1c(=O)[nH]c(=O)n2Cc1ccccc1. The highest BCUT2D eigenvalue weighted by molar-refractivity contribution is 7.98. The van der Waals surface area contributed by atoms with Crippen LogP contribution in [0.1, 0.15) is 31.2 Å². The second kappa shape index (κ2) is 9.08. The van der Waals surface area contributed by atoms with Crippen LogP contribution in [0, 0.1) is 0 Å². The van der Waals surface area contributed by atoms with Crippen LogP contribution in [0.15, 0.2) is 63.5 Å². The minimum atomic E-state index is -0.456. The maximum atomic E-state index is 12.7. The fourth-order valence-corrected chi connectivity index (χ4v) is 4.04. The molecule has 30 heavy (non-hydrogen) atoms. The van der Waals surface area contributed by atoms with Crippen molar-refractivity contribution in [1.82, 2.24) is 29.1 Å². The monoisotopic (exact) mass is 422 g/mol. The zero-order chi connectivity index (χ0) is 20.9. The number of fused-ring (bicyclic) bond motifs is 1. The number of unbranched alkanes of at least 4 members (excludes halogenated alkanes) is 1. The molecule has 0 aliphatic carbocycles. The van der Waals surface area contributed by atoms with Crippen molar-refractivity contribution in [1.29, 1.82) is 0 Å². The van der Waals surface area contributed by atoms with Crippen molar-refractivity contribution in [2.24, 2.45) is 0 Å². The van der Waals surface area contributed by atoms with E-state index in [9.17, 15) is 9.59 Å². The minimum absolute atomic E-state index is 0.339. The molecule has 0 radical (unpaired) electrons. The first-order valence-corrected chi connectivity index (χ1v) is 10.8. The third kappa shape index (κ3) is 4.20. The molecule has 3 aromatic heterocycles. The van der Waals surface area contributed by atoms with Gasteiger partial charge >= 0.3 is 5.69 Å². The maximum absolute atomic E-state index is 12.7. The summed E-state index contributed by atoms with van der Waals surface area (Å²) in [7, 11) is 0. The lowest BCUT2D eigenvalue weighted by atomic mass is 10.2. The molecule has 0 atom stereocenters. The predicted molar refractivity (Wildman–Crippen MR) is 117 cm³/mol. The molecule has 0 fully saturated rings. The van der Waals surface area contributed by atoms with Gasteiger partial charge in [-0.25, -0.2) is 19.7 Å². The molecule has 8 nitrogen and oxygen atoms in total. The molecule has 0 spiro atoms. The molecular weight excluding hydrogens is 400 g/mol. The Hall–Kier alpha value is -3.20. The van der Waals surface area contributed by atoms with Crippen molar-refractivity contribution in [2.45, 2.75) is 43.8 Å². The van der Waals surface area contributed by atoms with Crippen LogP contribution in [0.4, 0.5) is 0 Å². The highest BCUT2D eigenvalue weighted by Crippen LogP contribution is 2.21. The van der Waals surface area contributed by atoms with E-state index in [-0.39, 0.29) is 0 Å². The first kappa shape index (κ1) is 20.1. The number of hydrogen-bond donors (Lipinski definition) is 1. The Morgan fingerprint density at radius 1 is 1.03 bits per heavy atom. The number of hydrogen-bond acceptors (Lipinski definition) is 6. The molecule has 9 heteroatoms. The summed E-state index contributed by atoms with van der Waals surface area (Å²) in [6, 6.07) is 11.4. The van der Waals surface area contributed by atoms with E-state index < -0.39 is 11.2 Å². The van der Waals surface area contributed by atoms with E-state index >= 15 is 0 Å². The van der Waals surface area contributed by atoms with Crippen LogP contribution in [0.25, 0.3) is 11.2 Å². The van der Waals surface area contributed by atoms with Crippen LogP contribution in [-0.2, 0) is 18.8 Å². The van der Waals surface area contributed by atoms with E-state index in [1.165, 1.54) is 16.3 Å². The summed E-state index contributed by atoms with van der Waals surface area (Å²) in [5, 5.41) is 0.641. The molecular formula is C21H22N6O2S. The molecule has 0 saturated carbocycles. The van der Waals surface area contributed by atoms with E-state index in [1.54, 1.807) is 18.5 Å². The summed E-state index contributed by atoms with van der Waals surface area (Å²) in [5.74, 6) is 1.23. The summed E-state index contributed by atoms with van der Waals surface area (Å²) >= 11 is 1.45. The topological polar surface area (TPSA) is 98.5 Å². The lowest BCUT2D eigenvalue weighted by Crippen LogP contribution is -2.31. The lowest BCUT2D eigenvalue weighted by molar-refractivity contribution is 0.626. The molecule has 0 bridgehead atoms. The van der Waals surface area contributed by atoms with E-state index in [2.05, 4.69) is 21.9 Å². The third-order valence-electron chi connectivity index (χ3n) is 4.76. The van der Waals surface area contributed by atoms with E-state index in [4.69, 9.17) is 4.98 Å². The number of H-pyrrole nitrogens is 1. The van der Waals surface area contributed by atoms with Gasteiger partial charge in [0.25, 0.3) is 5.56 Å². The van der Waals surface area contributed by atoms with E-state index in [1.807, 2.05) is 34.9 Å². The summed E-state index contributed by atoms with van der Waals surface area (Å²) in [4.78, 5) is 41.0. The van der Waals surface area contributed by atoms with Crippen LogP contribution in [-0.4, -0.2) is 29.1 Å². The maximum Gasteiger partial charge on any atom is 0.330 e. The van der Waals surface area contributed by atoms with Gasteiger partial charge in [-0.05, 0) is 18.1 Å². The molecule has 4 aromatic rings. The number of aromatic amines is 1. The van der Waals surface area contributed by atoms with Crippen molar-refractivity contribution >= 4 is 22.9 Å². The Morgan fingerprint density at radius 3 is 2.53 bits per heavy atom. The smallest absolute Gasteiger partial charge is 0.321 e. The predicted octanol–water partition coefficient (Wildman–Crippen LogP) is 2.82. The van der Waals surface area contributed by atoms with Gasteiger partial charge in [-0.1, -0.05) is 55.4 Å². The lowest BCUT2D eigenvalue weighted by Gasteiger charge is -2.08. The van der Waals surface area contributed by atoms with Crippen molar-refractivity contribution < 1.29 is 0 Å². The van der Waals surface area contributed by atoms with Gasteiger partial charge in [-0.2, -0.15) is 0 Å². The normalized spacial score (nSPS) is 11.2. The Kier molecular flexibility index (Phi) is 6.08. The largest absolute Gasteiger partial charge is 0.330 e. The molecule has 4 rings (SSSR count). The van der Waals surface area contributed by atoms with Gasteiger partial charge < -0.3 is 4.57 Å². The van der Waals surface area contributed by atoms with Gasteiger partial charge in [0.15, 0.2) is 16.3 Å². The average molecular weight is 423 g/mol. The fourth-order valence-electron chi connectivity index (χ4n) is 3.29. The van der Waals surface area contributed by atoms with Crippen LogP contribution < -0.4 is 11.2 Å². The molecule has 0 unspecified atom stereocenters. The number of rotatable bonds is 8. The van der Waals surface area contributed by atoms with Crippen LogP contribution in [0.2, 0.25) is 0 Å². The molecule has 154 valence electrons. The Labute approximate surface area is 177 Å². The van der Waals surface area contributed by atoms with Crippen LogP contribution >= 0.6 is 11.8 Å². The van der Waals surface area contributed by atoms with Crippen molar-refractivity contribution in [3.05, 3.63) is 81.0 Å². The van der Waals surface area contributed by atoms with E-state index in [0.717, 1.165) is 24.2 Å². The highest BCUT2D eigenvalue weighted by atomic mass is 32.2. The van der Waals surface area contributed by atoms with Crippen LogP contribution in [0.5, 0.6) is 0 Å². The summed E-state index contributed by atoms with van der Waals surface area (Å²) < 4.78 is 3.45. The summed E-state index contributed by atoms with van der Waals surface area (Å²) in [6.45, 7) is 3.10. The molecule has 1 aromatic carbocycles. The Morgan fingerprint density at radius 2 is 1.80 bits per heavy atom. The molecule has 0 aliphatic rings. The fraction of sp³-hybridized carbons (Fsp3) is 0.286. The standard InChI is InChI=1S/C21H22N6O2S/c1-2-3-12-26-16(14-30-20-22-10-7-11-23-20)24-18-17(26)19(28)25-21(29)27(18)13-15-8-5-4-6-9-15/h4-11H,2-3,12-14H2,1H3,(H,25,28,29).